The molecule has 2 saturated heterocycles. The molecule has 3 rings (SSSR count). The molecule has 1 aromatic carbocycles. The molecule has 8 heteroatoms. The van der Waals surface area contributed by atoms with Crippen LogP contribution in [-0.4, -0.2) is 74.1 Å². The Morgan fingerprint density at radius 2 is 2.11 bits per heavy atom. The minimum Gasteiger partial charge on any atom is -0.493 e. The van der Waals surface area contributed by atoms with Crippen molar-refractivity contribution in [2.75, 3.05) is 46.4 Å². The summed E-state index contributed by atoms with van der Waals surface area (Å²) in [6.07, 6.45) is 1.85. The molecule has 2 amide bonds. The molecule has 2 heterocycles. The van der Waals surface area contributed by atoms with Crippen LogP contribution in [0.3, 0.4) is 0 Å². The molecule has 0 radical (unpaired) electrons. The zero-order valence-electron chi connectivity index (χ0n) is 15.9. The number of ether oxygens (including phenoxy) is 2. The third-order valence-electron chi connectivity index (χ3n) is 4.96. The molecule has 1 atom stereocenters. The quantitative estimate of drug-likeness (QED) is 0.816. The van der Waals surface area contributed by atoms with Gasteiger partial charge in [-0.25, -0.2) is 0 Å². The van der Waals surface area contributed by atoms with Crippen molar-refractivity contribution in [1.82, 2.24) is 15.1 Å². The van der Waals surface area contributed by atoms with Gasteiger partial charge in [0.2, 0.25) is 5.91 Å². The van der Waals surface area contributed by atoms with E-state index in [1.54, 1.807) is 25.3 Å². The molecule has 2 aliphatic rings. The van der Waals surface area contributed by atoms with Crippen molar-refractivity contribution in [3.8, 4) is 11.5 Å². The predicted molar refractivity (Wildman–Crippen MR) is 105 cm³/mol. The molecule has 1 N–H and O–H groups in total. The molecule has 2 fully saturated rings. The molecule has 1 unspecified atom stereocenters. The van der Waals surface area contributed by atoms with Gasteiger partial charge in [-0.05, 0) is 38.0 Å². The van der Waals surface area contributed by atoms with Gasteiger partial charge in [0.25, 0.3) is 5.91 Å². The van der Waals surface area contributed by atoms with E-state index in [0.717, 1.165) is 19.4 Å². The molecule has 0 spiro atoms. The van der Waals surface area contributed by atoms with Crippen LogP contribution < -0.4 is 14.8 Å². The van der Waals surface area contributed by atoms with Crippen molar-refractivity contribution in [1.29, 1.82) is 0 Å². The van der Waals surface area contributed by atoms with Crippen molar-refractivity contribution in [2.45, 2.75) is 25.8 Å². The molecule has 2 aliphatic heterocycles. The minimum absolute atomic E-state index is 0. The molecule has 27 heavy (non-hydrogen) atoms. The maximum Gasteiger partial charge on any atom is 0.254 e. The first-order valence-electron chi connectivity index (χ1n) is 9.24. The summed E-state index contributed by atoms with van der Waals surface area (Å²) in [6.45, 7) is 5.65. The lowest BCUT2D eigenvalue weighted by atomic mass is 10.0. The first-order valence-corrected chi connectivity index (χ1v) is 9.24. The zero-order chi connectivity index (χ0) is 18.5. The summed E-state index contributed by atoms with van der Waals surface area (Å²) in [5.74, 6) is 1.29. The Bertz CT molecular complexity index is 670. The summed E-state index contributed by atoms with van der Waals surface area (Å²) in [4.78, 5) is 28.9. The van der Waals surface area contributed by atoms with Gasteiger partial charge in [0.05, 0.1) is 20.3 Å². The van der Waals surface area contributed by atoms with Gasteiger partial charge in [0.1, 0.15) is 0 Å². The fraction of sp³-hybridized carbons (Fsp3) is 0.579. The van der Waals surface area contributed by atoms with Crippen molar-refractivity contribution >= 4 is 24.2 Å². The number of benzene rings is 1. The highest BCUT2D eigenvalue weighted by Gasteiger charge is 2.32. The number of rotatable bonds is 5. The highest BCUT2D eigenvalue weighted by molar-refractivity contribution is 5.95. The second kappa shape index (κ2) is 9.80. The largest absolute Gasteiger partial charge is 0.493 e. The standard InChI is InChI=1S/C19H27N3O4.ClH/c1-3-26-16-7-6-14(11-17(16)25-2)19(24)21-9-4-5-15(13-21)22-10-8-20-12-18(22)23;/h6-7,11,15,20H,3-5,8-10,12-13H2,1-2H3;1H. The number of methoxy groups -OCH3 is 1. The van der Waals surface area contributed by atoms with Gasteiger partial charge in [-0.1, -0.05) is 0 Å². The molecule has 0 bridgehead atoms. The predicted octanol–water partition coefficient (Wildman–Crippen LogP) is 1.55. The summed E-state index contributed by atoms with van der Waals surface area (Å²) in [5.41, 5.74) is 0.581. The van der Waals surface area contributed by atoms with Gasteiger partial charge in [0, 0.05) is 37.8 Å². The van der Waals surface area contributed by atoms with Gasteiger partial charge in [0.15, 0.2) is 11.5 Å². The summed E-state index contributed by atoms with van der Waals surface area (Å²) in [6, 6.07) is 5.38. The molecule has 0 aromatic heterocycles. The molecule has 0 saturated carbocycles. The monoisotopic (exact) mass is 397 g/mol. The smallest absolute Gasteiger partial charge is 0.254 e. The number of hydrogen-bond acceptors (Lipinski definition) is 5. The number of amides is 2. The van der Waals surface area contributed by atoms with Crippen LogP contribution in [0.4, 0.5) is 0 Å². The van der Waals surface area contributed by atoms with Crippen LogP contribution in [0.2, 0.25) is 0 Å². The van der Waals surface area contributed by atoms with Gasteiger partial charge in [-0.3, -0.25) is 9.59 Å². The number of carbonyl (C=O) groups is 2. The van der Waals surface area contributed by atoms with E-state index in [2.05, 4.69) is 5.32 Å². The lowest BCUT2D eigenvalue weighted by Crippen LogP contribution is -2.57. The lowest BCUT2D eigenvalue weighted by molar-refractivity contribution is -0.135. The average Bonchev–Trinajstić information content (AvgIpc) is 2.68. The fourth-order valence-electron chi connectivity index (χ4n) is 3.66. The molecule has 1 aromatic rings. The van der Waals surface area contributed by atoms with E-state index < -0.39 is 0 Å². The highest BCUT2D eigenvalue weighted by atomic mass is 35.5. The maximum absolute atomic E-state index is 13.0. The first-order chi connectivity index (χ1) is 12.6. The van der Waals surface area contributed by atoms with Gasteiger partial charge in [-0.2, -0.15) is 0 Å². The Kier molecular flexibility index (Phi) is 7.74. The topological polar surface area (TPSA) is 71.1 Å². The number of carbonyl (C=O) groups excluding carboxylic acids is 2. The van der Waals surface area contributed by atoms with Crippen molar-refractivity contribution in [2.24, 2.45) is 0 Å². The number of piperazine rings is 1. The van der Waals surface area contributed by atoms with E-state index in [0.29, 0.717) is 49.8 Å². The van der Waals surface area contributed by atoms with E-state index >= 15 is 0 Å². The molecular weight excluding hydrogens is 370 g/mol. The van der Waals surface area contributed by atoms with Crippen LogP contribution in [0.1, 0.15) is 30.1 Å². The Morgan fingerprint density at radius 1 is 1.30 bits per heavy atom. The van der Waals surface area contributed by atoms with Crippen LogP contribution in [0.15, 0.2) is 18.2 Å². The van der Waals surface area contributed by atoms with Crippen LogP contribution in [0.5, 0.6) is 11.5 Å². The Balaban J connectivity index is 0.00000261. The van der Waals surface area contributed by atoms with Gasteiger partial charge in [-0.15, -0.1) is 12.4 Å². The Morgan fingerprint density at radius 3 is 2.81 bits per heavy atom. The third kappa shape index (κ3) is 4.84. The summed E-state index contributed by atoms with van der Waals surface area (Å²) in [5, 5.41) is 3.09. The number of halogens is 1. The normalized spacial score (nSPS) is 20.1. The Hall–Kier alpha value is -1.99. The first kappa shape index (κ1) is 21.3. The zero-order valence-corrected chi connectivity index (χ0v) is 16.7. The number of likely N-dealkylation sites (tertiary alicyclic amines) is 1. The summed E-state index contributed by atoms with van der Waals surface area (Å²) < 4.78 is 10.9. The number of nitrogens with one attached hydrogen (secondary N) is 1. The van der Waals surface area contributed by atoms with Gasteiger partial charge < -0.3 is 24.6 Å². The van der Waals surface area contributed by atoms with Crippen molar-refractivity contribution < 1.29 is 19.1 Å². The second-order valence-electron chi connectivity index (χ2n) is 6.61. The third-order valence-corrected chi connectivity index (χ3v) is 4.96. The summed E-state index contributed by atoms with van der Waals surface area (Å²) >= 11 is 0. The summed E-state index contributed by atoms with van der Waals surface area (Å²) in [7, 11) is 1.57. The molecular formula is C19H28ClN3O4. The van der Waals surface area contributed by atoms with Gasteiger partial charge >= 0.3 is 0 Å². The maximum atomic E-state index is 13.0. The lowest BCUT2D eigenvalue weighted by Gasteiger charge is -2.41. The van der Waals surface area contributed by atoms with Crippen molar-refractivity contribution in [3.05, 3.63) is 23.8 Å². The number of piperidine rings is 1. The minimum atomic E-state index is -0.0290. The van der Waals surface area contributed by atoms with Crippen LogP contribution >= 0.6 is 12.4 Å². The molecule has 150 valence electrons. The number of nitrogens with zero attached hydrogens (tertiary/aromatic N) is 2. The SMILES string of the molecule is CCOc1ccc(C(=O)N2CCCC(N3CCNCC3=O)C2)cc1OC.Cl. The molecule has 0 aliphatic carbocycles. The van der Waals surface area contributed by atoms with E-state index in [9.17, 15) is 9.59 Å². The van der Waals surface area contributed by atoms with E-state index in [4.69, 9.17) is 9.47 Å². The Labute approximate surface area is 166 Å². The fourth-order valence-corrected chi connectivity index (χ4v) is 3.66. The van der Waals surface area contributed by atoms with E-state index in [1.165, 1.54) is 0 Å². The van der Waals surface area contributed by atoms with Crippen LogP contribution in [-0.2, 0) is 4.79 Å². The van der Waals surface area contributed by atoms with Crippen LogP contribution in [0, 0.1) is 0 Å². The van der Waals surface area contributed by atoms with Crippen LogP contribution in [0.25, 0.3) is 0 Å². The van der Waals surface area contributed by atoms with E-state index in [-0.39, 0.29) is 30.3 Å². The highest BCUT2D eigenvalue weighted by Crippen LogP contribution is 2.29. The molecule has 7 nitrogen and oxygen atoms in total. The van der Waals surface area contributed by atoms with E-state index in [1.807, 2.05) is 16.7 Å². The average molecular weight is 398 g/mol. The second-order valence-corrected chi connectivity index (χ2v) is 6.61. The number of hydrogen-bond donors (Lipinski definition) is 1. The van der Waals surface area contributed by atoms with Crippen molar-refractivity contribution in [3.63, 3.8) is 0 Å².